The molecular formula is C13H19IN2O2. The van der Waals surface area contributed by atoms with Crippen LogP contribution in [0.5, 0.6) is 5.75 Å². The van der Waals surface area contributed by atoms with Gasteiger partial charge in [0.25, 0.3) is 0 Å². The van der Waals surface area contributed by atoms with E-state index in [4.69, 9.17) is 10.5 Å². The van der Waals surface area contributed by atoms with Gasteiger partial charge in [0.05, 0.1) is 12.6 Å². The number of nitrogens with zero attached hydrogens (tertiary/aromatic N) is 1. The number of benzene rings is 1. The monoisotopic (exact) mass is 362 g/mol. The van der Waals surface area contributed by atoms with E-state index in [2.05, 4.69) is 0 Å². The van der Waals surface area contributed by atoms with E-state index in [9.17, 15) is 4.79 Å². The molecule has 2 rings (SSSR count). The number of methoxy groups -OCH3 is 1. The third-order valence-electron chi connectivity index (χ3n) is 3.21. The Labute approximate surface area is 124 Å². The second kappa shape index (κ2) is 5.88. The molecule has 1 unspecified atom stereocenters. The van der Waals surface area contributed by atoms with Gasteiger partial charge in [-0.15, -0.1) is 24.0 Å². The molecule has 1 aliphatic rings. The number of nitrogens with two attached hydrogens (primary N) is 1. The number of halogens is 1. The summed E-state index contributed by atoms with van der Waals surface area (Å²) in [4.78, 5) is 13.7. The van der Waals surface area contributed by atoms with Crippen LogP contribution in [0.15, 0.2) is 24.3 Å². The molecule has 0 radical (unpaired) electrons. The lowest BCUT2D eigenvalue weighted by Gasteiger charge is -2.19. The van der Waals surface area contributed by atoms with Crippen molar-refractivity contribution < 1.29 is 9.53 Å². The number of carbonyl (C=O) groups is 1. The molecule has 18 heavy (non-hydrogen) atoms. The maximum Gasteiger partial charge on any atom is 0.242 e. The van der Waals surface area contributed by atoms with Gasteiger partial charge in [0, 0.05) is 13.1 Å². The predicted octanol–water partition coefficient (Wildman–Crippen LogP) is 1.76. The minimum absolute atomic E-state index is 0. The molecule has 1 aromatic carbocycles. The molecule has 0 spiro atoms. The number of rotatable bonds is 3. The highest BCUT2D eigenvalue weighted by Crippen LogP contribution is 2.22. The van der Waals surface area contributed by atoms with E-state index in [1.54, 1.807) is 14.0 Å². The number of hydrogen-bond donors (Lipinski definition) is 1. The molecule has 0 aliphatic carbocycles. The maximum absolute atomic E-state index is 11.9. The van der Waals surface area contributed by atoms with Gasteiger partial charge in [0.2, 0.25) is 5.91 Å². The summed E-state index contributed by atoms with van der Waals surface area (Å²) in [6.45, 7) is 3.15. The van der Waals surface area contributed by atoms with Gasteiger partial charge in [0.15, 0.2) is 0 Å². The fraction of sp³-hybridized carbons (Fsp3) is 0.462. The number of ether oxygens (including phenoxy) is 1. The standard InChI is InChI=1S/C13H18N2O2.HI/c1-13(14)7-8-15(12(13)16)9-10-3-5-11(17-2)6-4-10;/h3-6H,7-9,14H2,1-2H3;1H. The first-order valence-electron chi connectivity index (χ1n) is 5.74. The number of hydrogen-bond acceptors (Lipinski definition) is 3. The summed E-state index contributed by atoms with van der Waals surface area (Å²) in [7, 11) is 1.64. The fourth-order valence-electron chi connectivity index (χ4n) is 2.04. The molecular weight excluding hydrogens is 343 g/mol. The van der Waals surface area contributed by atoms with Gasteiger partial charge < -0.3 is 15.4 Å². The Morgan fingerprint density at radius 2 is 2.00 bits per heavy atom. The second-order valence-electron chi connectivity index (χ2n) is 4.74. The van der Waals surface area contributed by atoms with Crippen LogP contribution in [0.25, 0.3) is 0 Å². The third kappa shape index (κ3) is 3.14. The smallest absolute Gasteiger partial charge is 0.242 e. The number of carbonyl (C=O) groups excluding carboxylic acids is 1. The van der Waals surface area contributed by atoms with Crippen molar-refractivity contribution in [3.8, 4) is 5.75 Å². The molecule has 5 heteroatoms. The molecule has 1 aromatic rings. The van der Waals surface area contributed by atoms with Gasteiger partial charge in [0.1, 0.15) is 5.75 Å². The Hall–Kier alpha value is -0.820. The molecule has 2 N–H and O–H groups in total. The Morgan fingerprint density at radius 1 is 1.39 bits per heavy atom. The van der Waals surface area contributed by atoms with E-state index in [1.165, 1.54) is 0 Å². The second-order valence-corrected chi connectivity index (χ2v) is 4.74. The molecule has 0 aromatic heterocycles. The molecule has 1 heterocycles. The Balaban J connectivity index is 0.00000162. The first-order chi connectivity index (χ1) is 8.03. The zero-order chi connectivity index (χ0) is 12.5. The molecule has 1 aliphatic heterocycles. The Kier molecular flexibility index (Phi) is 4.98. The molecule has 1 saturated heterocycles. The summed E-state index contributed by atoms with van der Waals surface area (Å²) >= 11 is 0. The normalized spacial score (nSPS) is 22.8. The lowest BCUT2D eigenvalue weighted by atomic mass is 10.0. The zero-order valence-electron chi connectivity index (χ0n) is 10.7. The molecule has 100 valence electrons. The predicted molar refractivity (Wildman–Crippen MR) is 81.0 cm³/mol. The van der Waals surface area contributed by atoms with Crippen LogP contribution in [0.3, 0.4) is 0 Å². The van der Waals surface area contributed by atoms with Crippen LogP contribution in [0.4, 0.5) is 0 Å². The fourth-order valence-corrected chi connectivity index (χ4v) is 2.04. The van der Waals surface area contributed by atoms with Crippen molar-refractivity contribution in [3.63, 3.8) is 0 Å². The lowest BCUT2D eigenvalue weighted by molar-refractivity contribution is -0.132. The first-order valence-corrected chi connectivity index (χ1v) is 5.74. The van der Waals surface area contributed by atoms with Crippen LogP contribution >= 0.6 is 24.0 Å². The summed E-state index contributed by atoms with van der Waals surface area (Å²) in [6.07, 6.45) is 0.724. The van der Waals surface area contributed by atoms with Crippen molar-refractivity contribution in [2.24, 2.45) is 5.73 Å². The van der Waals surface area contributed by atoms with Crippen LogP contribution in [-0.4, -0.2) is 30.0 Å². The molecule has 1 fully saturated rings. The lowest BCUT2D eigenvalue weighted by Crippen LogP contribution is -2.44. The van der Waals surface area contributed by atoms with Crippen molar-refractivity contribution in [1.29, 1.82) is 0 Å². The molecule has 1 atom stereocenters. The zero-order valence-corrected chi connectivity index (χ0v) is 13.0. The average molecular weight is 362 g/mol. The largest absolute Gasteiger partial charge is 0.497 e. The van der Waals surface area contributed by atoms with Gasteiger partial charge >= 0.3 is 0 Å². The van der Waals surface area contributed by atoms with Crippen molar-refractivity contribution in [2.45, 2.75) is 25.4 Å². The van der Waals surface area contributed by atoms with Gasteiger partial charge in [-0.25, -0.2) is 0 Å². The van der Waals surface area contributed by atoms with E-state index in [0.29, 0.717) is 6.54 Å². The summed E-state index contributed by atoms with van der Waals surface area (Å²) in [5.41, 5.74) is 6.31. The average Bonchev–Trinajstić information content (AvgIpc) is 2.57. The number of amides is 1. The molecule has 1 amide bonds. The van der Waals surface area contributed by atoms with Crippen molar-refractivity contribution in [1.82, 2.24) is 4.90 Å². The van der Waals surface area contributed by atoms with Gasteiger partial charge in [-0.1, -0.05) is 12.1 Å². The maximum atomic E-state index is 11.9. The van der Waals surface area contributed by atoms with Crippen molar-refractivity contribution in [3.05, 3.63) is 29.8 Å². The topological polar surface area (TPSA) is 55.6 Å². The molecule has 0 saturated carbocycles. The minimum Gasteiger partial charge on any atom is -0.497 e. The minimum atomic E-state index is -0.688. The summed E-state index contributed by atoms with van der Waals surface area (Å²) in [5.74, 6) is 0.860. The van der Waals surface area contributed by atoms with Crippen LogP contribution in [-0.2, 0) is 11.3 Å². The first kappa shape index (κ1) is 15.2. The van der Waals surface area contributed by atoms with Crippen LogP contribution in [0.1, 0.15) is 18.9 Å². The van der Waals surface area contributed by atoms with E-state index in [-0.39, 0.29) is 29.9 Å². The van der Waals surface area contributed by atoms with E-state index < -0.39 is 5.54 Å². The highest BCUT2D eigenvalue weighted by molar-refractivity contribution is 14.0. The Morgan fingerprint density at radius 3 is 2.44 bits per heavy atom. The van der Waals surface area contributed by atoms with Crippen molar-refractivity contribution in [2.75, 3.05) is 13.7 Å². The van der Waals surface area contributed by atoms with E-state index in [1.807, 2.05) is 29.2 Å². The van der Waals surface area contributed by atoms with Crippen molar-refractivity contribution >= 4 is 29.9 Å². The summed E-state index contributed by atoms with van der Waals surface area (Å²) < 4.78 is 5.09. The van der Waals surface area contributed by atoms with Crippen LogP contribution in [0.2, 0.25) is 0 Å². The van der Waals surface area contributed by atoms with Crippen LogP contribution < -0.4 is 10.5 Å². The summed E-state index contributed by atoms with van der Waals surface area (Å²) in [5, 5.41) is 0. The quantitative estimate of drug-likeness (QED) is 0.834. The Bertz CT molecular complexity index is 418. The summed E-state index contributed by atoms with van der Waals surface area (Å²) in [6, 6.07) is 7.74. The molecule has 0 bridgehead atoms. The highest BCUT2D eigenvalue weighted by Gasteiger charge is 2.38. The highest BCUT2D eigenvalue weighted by atomic mass is 127. The third-order valence-corrected chi connectivity index (χ3v) is 3.21. The van der Waals surface area contributed by atoms with Crippen LogP contribution in [0, 0.1) is 0 Å². The SMILES string of the molecule is COc1ccc(CN2CCC(C)(N)C2=O)cc1.I. The van der Waals surface area contributed by atoms with Gasteiger partial charge in [-0.3, -0.25) is 4.79 Å². The van der Waals surface area contributed by atoms with E-state index in [0.717, 1.165) is 24.3 Å². The van der Waals surface area contributed by atoms with Gasteiger partial charge in [-0.05, 0) is 31.0 Å². The number of likely N-dealkylation sites (tertiary alicyclic amines) is 1. The molecule has 4 nitrogen and oxygen atoms in total. The van der Waals surface area contributed by atoms with E-state index >= 15 is 0 Å². The van der Waals surface area contributed by atoms with Gasteiger partial charge in [-0.2, -0.15) is 0 Å².